The highest BCUT2D eigenvalue weighted by Crippen LogP contribution is 2.25. The van der Waals surface area contributed by atoms with Crippen LogP contribution >= 0.6 is 27.5 Å². The number of hydrogen-bond acceptors (Lipinski definition) is 4. The second-order valence-corrected chi connectivity index (χ2v) is 4.23. The summed E-state index contributed by atoms with van der Waals surface area (Å²) in [4.78, 5) is 4.11. The summed E-state index contributed by atoms with van der Waals surface area (Å²) in [7, 11) is 0. The third-order valence-electron chi connectivity index (χ3n) is 1.73. The molecular formula is C9H5BrF2N2OS. The van der Waals surface area contributed by atoms with Crippen LogP contribution in [0.4, 0.5) is 8.78 Å². The number of alkyl halides is 2. The van der Waals surface area contributed by atoms with Crippen molar-refractivity contribution in [3.8, 4) is 16.3 Å². The van der Waals surface area contributed by atoms with Gasteiger partial charge in [-0.15, -0.1) is 0 Å². The number of rotatable bonds is 3. The second-order valence-electron chi connectivity index (χ2n) is 2.77. The van der Waals surface area contributed by atoms with Gasteiger partial charge in [-0.05, 0) is 51.7 Å². The van der Waals surface area contributed by atoms with Gasteiger partial charge in [-0.3, -0.25) is 0 Å². The fourth-order valence-electron chi connectivity index (χ4n) is 1.10. The Kier molecular flexibility index (Phi) is 3.45. The van der Waals surface area contributed by atoms with E-state index in [0.717, 1.165) is 10.6 Å². The van der Waals surface area contributed by atoms with Crippen molar-refractivity contribution in [3.05, 3.63) is 29.0 Å². The van der Waals surface area contributed by atoms with Crippen LogP contribution in [-0.2, 0) is 0 Å². The maximum atomic E-state index is 11.9. The molecule has 0 amide bonds. The Bertz CT molecular complexity index is 475. The number of benzene rings is 1. The first-order valence-electron chi connectivity index (χ1n) is 4.19. The lowest BCUT2D eigenvalue weighted by Gasteiger charge is -2.03. The lowest BCUT2D eigenvalue weighted by molar-refractivity contribution is -0.0498. The van der Waals surface area contributed by atoms with E-state index in [1.165, 1.54) is 23.7 Å². The van der Waals surface area contributed by atoms with Crippen molar-refractivity contribution in [1.29, 1.82) is 0 Å². The third kappa shape index (κ3) is 2.73. The molecule has 0 aliphatic carbocycles. The highest BCUT2D eigenvalue weighted by Gasteiger charge is 2.07. The van der Waals surface area contributed by atoms with Gasteiger partial charge in [0.2, 0.25) is 4.73 Å². The van der Waals surface area contributed by atoms with Crippen LogP contribution in [0.15, 0.2) is 29.0 Å². The first-order chi connectivity index (χ1) is 7.65. The maximum Gasteiger partial charge on any atom is 0.387 e. The normalized spacial score (nSPS) is 10.8. The van der Waals surface area contributed by atoms with E-state index in [9.17, 15) is 8.78 Å². The van der Waals surface area contributed by atoms with Gasteiger partial charge < -0.3 is 4.74 Å². The second kappa shape index (κ2) is 4.84. The summed E-state index contributed by atoms with van der Waals surface area (Å²) in [6, 6.07) is 6.25. The molecule has 0 N–H and O–H groups in total. The van der Waals surface area contributed by atoms with Crippen LogP contribution in [0.5, 0.6) is 5.75 Å². The minimum absolute atomic E-state index is 0.127. The predicted molar refractivity (Wildman–Crippen MR) is 59.7 cm³/mol. The van der Waals surface area contributed by atoms with E-state index in [1.54, 1.807) is 12.1 Å². The molecule has 0 atom stereocenters. The molecule has 0 aliphatic heterocycles. The van der Waals surface area contributed by atoms with Crippen LogP contribution in [0.2, 0.25) is 0 Å². The zero-order valence-electron chi connectivity index (χ0n) is 7.73. The lowest BCUT2D eigenvalue weighted by atomic mass is 10.2. The van der Waals surface area contributed by atoms with Gasteiger partial charge in [0.1, 0.15) is 10.8 Å². The van der Waals surface area contributed by atoms with Crippen molar-refractivity contribution in [2.75, 3.05) is 0 Å². The van der Waals surface area contributed by atoms with Crippen LogP contribution in [0.1, 0.15) is 0 Å². The fourth-order valence-corrected chi connectivity index (χ4v) is 2.18. The van der Waals surface area contributed by atoms with Crippen LogP contribution < -0.4 is 4.74 Å². The molecule has 7 heteroatoms. The number of hydrogen-bond donors (Lipinski definition) is 0. The zero-order chi connectivity index (χ0) is 11.5. The van der Waals surface area contributed by atoms with Crippen molar-refractivity contribution in [2.45, 2.75) is 6.61 Å². The molecule has 0 spiro atoms. The largest absolute Gasteiger partial charge is 0.435 e. The van der Waals surface area contributed by atoms with Crippen LogP contribution in [-0.4, -0.2) is 16.0 Å². The lowest BCUT2D eigenvalue weighted by Crippen LogP contribution is -2.01. The predicted octanol–water partition coefficient (Wildman–Crippen LogP) is 3.57. The summed E-state index contributed by atoms with van der Waals surface area (Å²) in [5, 5.41) is 0.718. The Balaban J connectivity index is 2.19. The molecule has 0 saturated heterocycles. The fraction of sp³-hybridized carbons (Fsp3) is 0.111. The Morgan fingerprint density at radius 2 is 1.94 bits per heavy atom. The van der Waals surface area contributed by atoms with E-state index in [-0.39, 0.29) is 5.75 Å². The topological polar surface area (TPSA) is 35.0 Å². The quantitative estimate of drug-likeness (QED) is 0.869. The molecule has 84 valence electrons. The van der Waals surface area contributed by atoms with Crippen LogP contribution in [0.25, 0.3) is 10.6 Å². The molecule has 0 unspecified atom stereocenters. The monoisotopic (exact) mass is 306 g/mol. The summed E-state index contributed by atoms with van der Waals surface area (Å²) >= 11 is 4.37. The molecule has 3 nitrogen and oxygen atoms in total. The Labute approximate surface area is 102 Å². The average Bonchev–Trinajstić information content (AvgIpc) is 2.65. The number of halogens is 3. The van der Waals surface area contributed by atoms with Crippen molar-refractivity contribution < 1.29 is 13.5 Å². The van der Waals surface area contributed by atoms with E-state index >= 15 is 0 Å². The zero-order valence-corrected chi connectivity index (χ0v) is 10.1. The molecule has 2 rings (SSSR count). The summed E-state index contributed by atoms with van der Waals surface area (Å²) in [6.07, 6.45) is 0. The first-order valence-corrected chi connectivity index (χ1v) is 5.76. The van der Waals surface area contributed by atoms with Crippen LogP contribution in [0.3, 0.4) is 0 Å². The molecule has 0 saturated carbocycles. The van der Waals surface area contributed by atoms with Crippen molar-refractivity contribution in [1.82, 2.24) is 9.36 Å². The Hall–Kier alpha value is -1.08. The van der Waals surface area contributed by atoms with Gasteiger partial charge in [-0.25, -0.2) is 4.98 Å². The Morgan fingerprint density at radius 1 is 1.25 bits per heavy atom. The molecule has 16 heavy (non-hydrogen) atoms. The number of ether oxygens (including phenoxy) is 1. The van der Waals surface area contributed by atoms with Gasteiger partial charge in [0, 0.05) is 5.56 Å². The van der Waals surface area contributed by atoms with E-state index in [2.05, 4.69) is 30.0 Å². The van der Waals surface area contributed by atoms with Crippen molar-refractivity contribution in [2.24, 2.45) is 0 Å². The van der Waals surface area contributed by atoms with Gasteiger partial charge in [0.05, 0.1) is 0 Å². The highest BCUT2D eigenvalue weighted by atomic mass is 79.9. The SMILES string of the molecule is FC(F)Oc1ccc(-c2nc(Br)ns2)cc1. The number of nitrogens with zero attached hydrogens (tertiary/aromatic N) is 2. The van der Waals surface area contributed by atoms with Crippen molar-refractivity contribution in [3.63, 3.8) is 0 Å². The van der Waals surface area contributed by atoms with E-state index in [4.69, 9.17) is 0 Å². The van der Waals surface area contributed by atoms with E-state index < -0.39 is 6.61 Å². The standard InChI is InChI=1S/C9H5BrF2N2OS/c10-8-13-7(16-14-8)5-1-3-6(4-2-5)15-9(11)12/h1-4,9H. The highest BCUT2D eigenvalue weighted by molar-refractivity contribution is 9.10. The minimum atomic E-state index is -2.80. The molecule has 0 fully saturated rings. The molecule has 1 aromatic heterocycles. The van der Waals surface area contributed by atoms with Crippen molar-refractivity contribution >= 4 is 27.5 Å². The number of aromatic nitrogens is 2. The van der Waals surface area contributed by atoms with E-state index in [0.29, 0.717) is 4.73 Å². The molecular weight excluding hydrogens is 302 g/mol. The van der Waals surface area contributed by atoms with Gasteiger partial charge in [-0.2, -0.15) is 13.2 Å². The van der Waals surface area contributed by atoms with Gasteiger partial charge in [0.15, 0.2) is 0 Å². The summed E-state index contributed by atoms with van der Waals surface area (Å²) in [6.45, 7) is -2.80. The summed E-state index contributed by atoms with van der Waals surface area (Å²) < 4.78 is 32.5. The van der Waals surface area contributed by atoms with Gasteiger partial charge in [-0.1, -0.05) is 0 Å². The van der Waals surface area contributed by atoms with E-state index in [1.807, 2.05) is 0 Å². The molecule has 0 aliphatic rings. The molecule has 1 heterocycles. The summed E-state index contributed by atoms with van der Waals surface area (Å²) in [5.74, 6) is 0.127. The molecule has 2 aromatic rings. The average molecular weight is 307 g/mol. The van der Waals surface area contributed by atoms with Crippen LogP contribution in [0, 0.1) is 0 Å². The minimum Gasteiger partial charge on any atom is -0.435 e. The molecule has 1 aromatic carbocycles. The first kappa shape index (κ1) is 11.4. The third-order valence-corrected chi connectivity index (χ3v) is 3.08. The molecule has 0 bridgehead atoms. The molecule has 0 radical (unpaired) electrons. The van der Waals surface area contributed by atoms with Gasteiger partial charge >= 0.3 is 6.61 Å². The summed E-state index contributed by atoms with van der Waals surface area (Å²) in [5.41, 5.74) is 0.810. The Morgan fingerprint density at radius 3 is 2.44 bits per heavy atom. The smallest absolute Gasteiger partial charge is 0.387 e. The maximum absolute atomic E-state index is 11.9. The van der Waals surface area contributed by atoms with Gasteiger partial charge in [0.25, 0.3) is 0 Å².